The van der Waals surface area contributed by atoms with Crippen LogP contribution in [0.25, 0.3) is 0 Å². The number of pyridine rings is 1. The van der Waals surface area contributed by atoms with Crippen molar-refractivity contribution >= 4 is 33.4 Å². The van der Waals surface area contributed by atoms with Crippen LogP contribution >= 0.6 is 0 Å². The Morgan fingerprint density at radius 1 is 1.21 bits per heavy atom. The third-order valence-electron chi connectivity index (χ3n) is 4.25. The fraction of sp³-hybridized carbons (Fsp3) is 0.278. The van der Waals surface area contributed by atoms with Gasteiger partial charge in [-0.05, 0) is 36.8 Å². The number of ether oxygens (including phenoxy) is 2. The van der Waals surface area contributed by atoms with E-state index in [9.17, 15) is 18.0 Å². The van der Waals surface area contributed by atoms with E-state index < -0.39 is 16.0 Å². The number of nitrogens with one attached hydrogen (secondary N) is 1. The fourth-order valence-corrected chi connectivity index (χ4v) is 4.05. The van der Waals surface area contributed by atoms with Gasteiger partial charge >= 0.3 is 5.97 Å². The summed E-state index contributed by atoms with van der Waals surface area (Å²) in [6.07, 6.45) is 2.37. The van der Waals surface area contributed by atoms with Gasteiger partial charge in [0.2, 0.25) is 5.91 Å². The summed E-state index contributed by atoms with van der Waals surface area (Å²) >= 11 is 0. The molecule has 1 fully saturated rings. The van der Waals surface area contributed by atoms with Gasteiger partial charge in [0.15, 0.2) is 0 Å². The second kappa shape index (κ2) is 7.85. The predicted molar refractivity (Wildman–Crippen MR) is 101 cm³/mol. The highest BCUT2D eigenvalue weighted by atomic mass is 32.2. The number of esters is 1. The molecule has 1 aromatic heterocycles. The van der Waals surface area contributed by atoms with Crippen LogP contribution in [0.1, 0.15) is 23.2 Å². The quantitative estimate of drug-likeness (QED) is 0.729. The fourth-order valence-electron chi connectivity index (χ4n) is 2.85. The first-order valence-corrected chi connectivity index (χ1v) is 9.89. The highest BCUT2D eigenvalue weighted by Crippen LogP contribution is 2.31. The molecule has 2 heterocycles. The largest absolute Gasteiger partial charge is 0.495 e. The maximum Gasteiger partial charge on any atom is 0.339 e. The zero-order chi connectivity index (χ0) is 20.3. The molecular formula is C18H19N3O6S. The summed E-state index contributed by atoms with van der Waals surface area (Å²) in [6, 6.07) is 7.29. The van der Waals surface area contributed by atoms with Gasteiger partial charge in [-0.2, -0.15) is 0 Å². The molecule has 148 valence electrons. The Hall–Kier alpha value is -3.14. The molecule has 28 heavy (non-hydrogen) atoms. The number of benzene rings is 1. The molecule has 0 spiro atoms. The lowest BCUT2D eigenvalue weighted by molar-refractivity contribution is -0.117. The Morgan fingerprint density at radius 2 is 2.00 bits per heavy atom. The van der Waals surface area contributed by atoms with Gasteiger partial charge in [-0.3, -0.25) is 9.52 Å². The average Bonchev–Trinajstić information content (AvgIpc) is 3.13. The standard InChI is InChI=1S/C18H19N3O6S/c1-26-14-7-6-13(21-9-3-4-17(21)22)10-15(14)28(24,25)20-16-8-5-12(11-19-16)18(23)27-2/h5-8,10-11H,3-4,9H2,1-2H3,(H,19,20). The van der Waals surface area contributed by atoms with Crippen LogP contribution in [0.5, 0.6) is 5.75 Å². The summed E-state index contributed by atoms with van der Waals surface area (Å²) in [5.41, 5.74) is 0.676. The van der Waals surface area contributed by atoms with E-state index in [1.165, 1.54) is 44.7 Å². The number of carbonyl (C=O) groups is 2. The molecule has 0 aliphatic carbocycles. The first-order valence-electron chi connectivity index (χ1n) is 8.41. The summed E-state index contributed by atoms with van der Waals surface area (Å²) in [5, 5.41) is 0. The molecule has 0 unspecified atom stereocenters. The highest BCUT2D eigenvalue weighted by Gasteiger charge is 2.26. The Balaban J connectivity index is 1.91. The van der Waals surface area contributed by atoms with Crippen LogP contribution in [-0.4, -0.2) is 46.0 Å². The second-order valence-electron chi connectivity index (χ2n) is 6.01. The van der Waals surface area contributed by atoms with E-state index in [1.54, 1.807) is 11.0 Å². The van der Waals surface area contributed by atoms with Crippen molar-refractivity contribution in [2.24, 2.45) is 0 Å². The van der Waals surface area contributed by atoms with Crippen LogP contribution in [0.15, 0.2) is 41.4 Å². The molecule has 1 N–H and O–H groups in total. The molecule has 0 radical (unpaired) electrons. The van der Waals surface area contributed by atoms with Crippen molar-refractivity contribution in [2.45, 2.75) is 17.7 Å². The van der Waals surface area contributed by atoms with Crippen LogP contribution in [0, 0.1) is 0 Å². The summed E-state index contributed by atoms with van der Waals surface area (Å²) in [7, 11) is -1.46. The van der Waals surface area contributed by atoms with Crippen LogP contribution in [0.2, 0.25) is 0 Å². The normalized spacial score (nSPS) is 14.1. The minimum absolute atomic E-state index is 0.0253. The molecule has 1 aromatic carbocycles. The number of sulfonamides is 1. The van der Waals surface area contributed by atoms with E-state index in [1.807, 2.05) is 0 Å². The predicted octanol–water partition coefficient (Wildman–Crippen LogP) is 1.80. The van der Waals surface area contributed by atoms with Crippen molar-refractivity contribution in [3.63, 3.8) is 0 Å². The lowest BCUT2D eigenvalue weighted by Gasteiger charge is -2.18. The van der Waals surface area contributed by atoms with E-state index in [0.29, 0.717) is 18.7 Å². The van der Waals surface area contributed by atoms with Crippen LogP contribution < -0.4 is 14.4 Å². The highest BCUT2D eigenvalue weighted by molar-refractivity contribution is 7.92. The number of amides is 1. The molecule has 1 aliphatic heterocycles. The molecule has 1 aliphatic rings. The molecule has 9 nitrogen and oxygen atoms in total. The number of carbonyl (C=O) groups excluding carboxylic acids is 2. The number of hydrogen-bond donors (Lipinski definition) is 1. The van der Waals surface area contributed by atoms with Crippen molar-refractivity contribution in [3.05, 3.63) is 42.1 Å². The SMILES string of the molecule is COC(=O)c1ccc(NS(=O)(=O)c2cc(N3CCCC3=O)ccc2OC)nc1. The Bertz CT molecular complexity index is 1000. The summed E-state index contributed by atoms with van der Waals surface area (Å²) in [6.45, 7) is 0.536. The lowest BCUT2D eigenvalue weighted by atomic mass is 10.3. The molecule has 1 saturated heterocycles. The second-order valence-corrected chi connectivity index (χ2v) is 7.66. The molecule has 0 atom stereocenters. The van der Waals surface area contributed by atoms with E-state index in [0.717, 1.165) is 6.42 Å². The molecule has 2 aromatic rings. The summed E-state index contributed by atoms with van der Waals surface area (Å²) in [4.78, 5) is 28.8. The van der Waals surface area contributed by atoms with E-state index >= 15 is 0 Å². The monoisotopic (exact) mass is 405 g/mol. The number of methoxy groups -OCH3 is 2. The van der Waals surface area contributed by atoms with Gasteiger partial charge in [0, 0.05) is 24.8 Å². The van der Waals surface area contributed by atoms with Crippen molar-refractivity contribution in [1.82, 2.24) is 4.98 Å². The van der Waals surface area contributed by atoms with Crippen molar-refractivity contribution in [3.8, 4) is 5.75 Å². The van der Waals surface area contributed by atoms with Crippen LogP contribution in [0.4, 0.5) is 11.5 Å². The van der Waals surface area contributed by atoms with Crippen LogP contribution in [-0.2, 0) is 19.6 Å². The minimum Gasteiger partial charge on any atom is -0.495 e. The molecular weight excluding hydrogens is 386 g/mol. The smallest absolute Gasteiger partial charge is 0.339 e. The zero-order valence-corrected chi connectivity index (χ0v) is 16.2. The van der Waals surface area contributed by atoms with E-state index in [4.69, 9.17) is 4.74 Å². The summed E-state index contributed by atoms with van der Waals surface area (Å²) < 4.78 is 37.9. The number of rotatable bonds is 6. The third kappa shape index (κ3) is 3.91. The zero-order valence-electron chi connectivity index (χ0n) is 15.3. The van der Waals surface area contributed by atoms with Crippen molar-refractivity contribution in [1.29, 1.82) is 0 Å². The van der Waals surface area contributed by atoms with Gasteiger partial charge in [-0.25, -0.2) is 18.2 Å². The first kappa shape index (κ1) is 19.6. The topological polar surface area (TPSA) is 115 Å². The Morgan fingerprint density at radius 3 is 2.57 bits per heavy atom. The van der Waals surface area contributed by atoms with Crippen molar-refractivity contribution in [2.75, 3.05) is 30.4 Å². The number of nitrogens with zero attached hydrogens (tertiary/aromatic N) is 2. The number of anilines is 2. The Kier molecular flexibility index (Phi) is 5.50. The van der Waals surface area contributed by atoms with E-state index in [-0.39, 0.29) is 27.9 Å². The van der Waals surface area contributed by atoms with Gasteiger partial charge in [0.05, 0.1) is 19.8 Å². The van der Waals surface area contributed by atoms with Gasteiger partial charge in [0.1, 0.15) is 16.5 Å². The molecule has 0 bridgehead atoms. The lowest BCUT2D eigenvalue weighted by Crippen LogP contribution is -2.24. The number of hydrogen-bond acceptors (Lipinski definition) is 7. The average molecular weight is 405 g/mol. The third-order valence-corrected chi connectivity index (χ3v) is 5.62. The Labute approximate surface area is 162 Å². The van der Waals surface area contributed by atoms with Gasteiger partial charge < -0.3 is 14.4 Å². The van der Waals surface area contributed by atoms with Gasteiger partial charge in [0.25, 0.3) is 10.0 Å². The first-order chi connectivity index (χ1) is 13.4. The van der Waals surface area contributed by atoms with Gasteiger partial charge in [-0.1, -0.05) is 0 Å². The maximum absolute atomic E-state index is 12.9. The van der Waals surface area contributed by atoms with Crippen molar-refractivity contribution < 1.29 is 27.5 Å². The maximum atomic E-state index is 12.9. The minimum atomic E-state index is -4.06. The molecule has 10 heteroatoms. The van der Waals surface area contributed by atoms with Crippen LogP contribution in [0.3, 0.4) is 0 Å². The van der Waals surface area contributed by atoms with E-state index in [2.05, 4.69) is 14.4 Å². The molecule has 1 amide bonds. The molecule has 3 rings (SSSR count). The van der Waals surface area contributed by atoms with Gasteiger partial charge in [-0.15, -0.1) is 0 Å². The summed E-state index contributed by atoms with van der Waals surface area (Å²) in [5.74, 6) is -0.473. The number of aromatic nitrogens is 1. The molecule has 0 saturated carbocycles.